The van der Waals surface area contributed by atoms with Gasteiger partial charge in [-0.1, -0.05) is 30.4 Å². The Morgan fingerprint density at radius 2 is 2.14 bits per heavy atom. The number of hydrogen-bond donors (Lipinski definition) is 0. The minimum Gasteiger partial charge on any atom is -0.497 e. The fourth-order valence-electron chi connectivity index (χ4n) is 2.55. The van der Waals surface area contributed by atoms with Gasteiger partial charge in [-0.15, -0.1) is 0 Å². The molecule has 0 spiro atoms. The summed E-state index contributed by atoms with van der Waals surface area (Å²) in [5, 5.41) is 8.90. The van der Waals surface area contributed by atoms with Crippen molar-refractivity contribution in [3.63, 3.8) is 0 Å². The van der Waals surface area contributed by atoms with E-state index in [-0.39, 0.29) is 5.92 Å². The van der Waals surface area contributed by atoms with Gasteiger partial charge in [-0.05, 0) is 29.9 Å². The average molecular weight is 309 g/mol. The summed E-state index contributed by atoms with van der Waals surface area (Å²) in [4.78, 5) is 1.47. The van der Waals surface area contributed by atoms with Gasteiger partial charge in [0.1, 0.15) is 5.76 Å². The van der Waals surface area contributed by atoms with E-state index in [0.29, 0.717) is 11.5 Å². The van der Waals surface area contributed by atoms with Crippen molar-refractivity contribution in [3.8, 4) is 6.07 Å². The van der Waals surface area contributed by atoms with Crippen LogP contribution in [0, 0.1) is 17.2 Å². The molecule has 0 bridgehead atoms. The Hall–Kier alpha value is -2.38. The molecule has 1 fully saturated rings. The average Bonchev–Trinajstić information content (AvgIpc) is 2.78. The van der Waals surface area contributed by atoms with Gasteiger partial charge in [0.25, 0.3) is 0 Å². The highest BCUT2D eigenvalue weighted by Crippen LogP contribution is 2.34. The van der Waals surface area contributed by atoms with Gasteiger partial charge < -0.3 is 4.74 Å². The van der Waals surface area contributed by atoms with E-state index in [0.717, 1.165) is 22.6 Å². The highest BCUT2D eigenvalue weighted by atomic mass is 32.2. The molecule has 0 radical (unpaired) electrons. The van der Waals surface area contributed by atoms with Crippen LogP contribution >= 0.6 is 0 Å². The summed E-state index contributed by atoms with van der Waals surface area (Å²) >= 11 is 0. The Balaban J connectivity index is 1.94. The number of rotatable bonds is 2. The third kappa shape index (κ3) is 2.95. The molecule has 0 aromatic heterocycles. The Morgan fingerprint density at radius 1 is 1.32 bits per heavy atom. The molecular formula is C18H15NO2S. The van der Waals surface area contributed by atoms with Gasteiger partial charge in [0.2, 0.25) is 0 Å². The van der Waals surface area contributed by atoms with Crippen LogP contribution in [0.25, 0.3) is 0 Å². The minimum absolute atomic E-state index is 0.0325. The number of ether oxygens (including phenoxy) is 1. The van der Waals surface area contributed by atoms with Gasteiger partial charge in [0.05, 0.1) is 29.4 Å². The van der Waals surface area contributed by atoms with E-state index in [1.54, 1.807) is 6.08 Å². The molecule has 2 atom stereocenters. The molecule has 0 saturated carbocycles. The van der Waals surface area contributed by atoms with Crippen molar-refractivity contribution in [2.24, 2.45) is 5.92 Å². The van der Waals surface area contributed by atoms with E-state index in [1.165, 1.54) is 0 Å². The monoisotopic (exact) mass is 309 g/mol. The molecule has 1 saturated heterocycles. The zero-order valence-electron chi connectivity index (χ0n) is 11.9. The first kappa shape index (κ1) is 14.6. The first-order valence-corrected chi connectivity index (χ1v) is 8.23. The molecule has 3 nitrogen and oxygen atoms in total. The van der Waals surface area contributed by atoms with E-state index in [1.807, 2.05) is 54.6 Å². The topological polar surface area (TPSA) is 50.1 Å². The molecule has 1 aromatic rings. The summed E-state index contributed by atoms with van der Waals surface area (Å²) in [6.45, 7) is 0.551. The Bertz CT molecular complexity index is 751. The lowest BCUT2D eigenvalue weighted by Gasteiger charge is -2.26. The van der Waals surface area contributed by atoms with Crippen molar-refractivity contribution in [2.75, 3.05) is 6.61 Å². The van der Waals surface area contributed by atoms with E-state index in [9.17, 15) is 4.21 Å². The van der Waals surface area contributed by atoms with Crippen molar-refractivity contribution >= 4 is 10.8 Å². The smallest absolute Gasteiger partial charge is 0.108 e. The quantitative estimate of drug-likeness (QED) is 0.784. The molecule has 1 aliphatic heterocycles. The highest BCUT2D eigenvalue weighted by molar-refractivity contribution is 7.89. The van der Waals surface area contributed by atoms with Gasteiger partial charge in [0.15, 0.2) is 0 Å². The molecule has 1 heterocycles. The number of benzene rings is 1. The first-order chi connectivity index (χ1) is 10.8. The summed E-state index contributed by atoms with van der Waals surface area (Å²) in [6, 6.07) is 11.5. The Labute approximate surface area is 132 Å². The molecule has 4 heteroatoms. The Kier molecular flexibility index (Phi) is 4.36. The summed E-state index contributed by atoms with van der Waals surface area (Å²) in [7, 11) is -1.24. The molecule has 2 aliphatic rings. The molecule has 0 amide bonds. The zero-order valence-corrected chi connectivity index (χ0v) is 12.8. The predicted molar refractivity (Wildman–Crippen MR) is 85.9 cm³/mol. The maximum atomic E-state index is 12.7. The lowest BCUT2D eigenvalue weighted by molar-refractivity contribution is 0.171. The van der Waals surface area contributed by atoms with Crippen LogP contribution < -0.4 is 0 Å². The van der Waals surface area contributed by atoms with Gasteiger partial charge >= 0.3 is 0 Å². The second-order valence-electron chi connectivity index (χ2n) is 5.01. The van der Waals surface area contributed by atoms with Crippen molar-refractivity contribution in [3.05, 3.63) is 76.9 Å². The van der Waals surface area contributed by atoms with Crippen molar-refractivity contribution in [1.82, 2.24) is 0 Å². The number of hydrogen-bond acceptors (Lipinski definition) is 3. The van der Waals surface area contributed by atoms with Crippen LogP contribution in [0.2, 0.25) is 0 Å². The first-order valence-electron chi connectivity index (χ1n) is 7.08. The van der Waals surface area contributed by atoms with Gasteiger partial charge in [-0.3, -0.25) is 0 Å². The van der Waals surface area contributed by atoms with E-state index in [4.69, 9.17) is 10.00 Å². The number of nitrogens with zero attached hydrogens (tertiary/aromatic N) is 1. The predicted octanol–water partition coefficient (Wildman–Crippen LogP) is 3.62. The van der Waals surface area contributed by atoms with Crippen molar-refractivity contribution < 1.29 is 8.95 Å². The molecule has 110 valence electrons. The number of fused-ring (bicyclic) bond motifs is 1. The number of nitriles is 1. The van der Waals surface area contributed by atoms with Crippen LogP contribution in [0.5, 0.6) is 0 Å². The van der Waals surface area contributed by atoms with Crippen molar-refractivity contribution in [2.45, 2.75) is 11.3 Å². The molecule has 22 heavy (non-hydrogen) atoms. The second kappa shape index (κ2) is 6.59. The van der Waals surface area contributed by atoms with Gasteiger partial charge in [0, 0.05) is 22.3 Å². The molecule has 0 N–H and O–H groups in total. The van der Waals surface area contributed by atoms with Crippen LogP contribution in [-0.2, 0) is 15.5 Å². The van der Waals surface area contributed by atoms with Crippen LogP contribution in [0.4, 0.5) is 0 Å². The molecule has 1 aromatic carbocycles. The van der Waals surface area contributed by atoms with E-state index in [2.05, 4.69) is 6.07 Å². The summed E-state index contributed by atoms with van der Waals surface area (Å²) in [6.07, 6.45) is 9.91. The minimum atomic E-state index is -1.24. The summed E-state index contributed by atoms with van der Waals surface area (Å²) in [5.41, 5.74) is 1.04. The van der Waals surface area contributed by atoms with E-state index >= 15 is 0 Å². The van der Waals surface area contributed by atoms with Crippen LogP contribution in [0.15, 0.2) is 81.8 Å². The normalized spacial score (nSPS) is 23.4. The lowest BCUT2D eigenvalue weighted by atomic mass is 9.92. The van der Waals surface area contributed by atoms with Crippen molar-refractivity contribution in [1.29, 1.82) is 5.26 Å². The van der Waals surface area contributed by atoms with Gasteiger partial charge in [-0.25, -0.2) is 4.21 Å². The highest BCUT2D eigenvalue weighted by Gasteiger charge is 2.25. The SMILES string of the molecule is N#C/C=C1\CCOC2=CC(S(=O)c3ccccc3)=CC=CC21. The molecule has 1 aliphatic carbocycles. The third-order valence-corrected chi connectivity index (χ3v) is 5.02. The standard InChI is InChI=1S/C18H15NO2S/c19-11-9-14-10-12-21-18-13-16(7-4-8-17(14)18)22(20)15-5-2-1-3-6-15/h1-9,13,17H,10,12H2/b14-9+. The molecule has 3 rings (SSSR count). The maximum absolute atomic E-state index is 12.7. The maximum Gasteiger partial charge on any atom is 0.108 e. The summed E-state index contributed by atoms with van der Waals surface area (Å²) in [5.74, 6) is 0.729. The largest absolute Gasteiger partial charge is 0.497 e. The number of allylic oxidation sites excluding steroid dienone is 5. The van der Waals surface area contributed by atoms with E-state index < -0.39 is 10.8 Å². The Morgan fingerprint density at radius 3 is 2.91 bits per heavy atom. The fraction of sp³-hybridized carbons (Fsp3) is 0.167. The van der Waals surface area contributed by atoms with Gasteiger partial charge in [-0.2, -0.15) is 5.26 Å². The fourth-order valence-corrected chi connectivity index (χ4v) is 3.66. The summed E-state index contributed by atoms with van der Waals surface area (Å²) < 4.78 is 18.4. The van der Waals surface area contributed by atoms with Crippen LogP contribution in [0.3, 0.4) is 0 Å². The zero-order chi connectivity index (χ0) is 15.4. The lowest BCUT2D eigenvalue weighted by Crippen LogP contribution is -2.16. The molecule has 2 unspecified atom stereocenters. The van der Waals surface area contributed by atoms with Crippen LogP contribution in [0.1, 0.15) is 6.42 Å². The second-order valence-corrected chi connectivity index (χ2v) is 6.49. The molecular weight excluding hydrogens is 294 g/mol. The van der Waals surface area contributed by atoms with Crippen LogP contribution in [-0.4, -0.2) is 10.8 Å². The third-order valence-electron chi connectivity index (χ3n) is 3.64.